The lowest BCUT2D eigenvalue weighted by Gasteiger charge is -2.02. The van der Waals surface area contributed by atoms with E-state index in [1.807, 2.05) is 6.92 Å². The molecule has 1 heterocycles. The fourth-order valence-electron chi connectivity index (χ4n) is 1.19. The van der Waals surface area contributed by atoms with Crippen molar-refractivity contribution in [3.05, 3.63) is 33.7 Å². The predicted octanol–water partition coefficient (Wildman–Crippen LogP) is 0.652. The lowest BCUT2D eigenvalue weighted by Crippen LogP contribution is -2.13. The van der Waals surface area contributed by atoms with Crippen molar-refractivity contribution in [1.29, 1.82) is 0 Å². The van der Waals surface area contributed by atoms with E-state index in [1.165, 1.54) is 6.07 Å². The molecular weight excluding hydrogens is 198 g/mol. The van der Waals surface area contributed by atoms with Crippen LogP contribution in [0.4, 0.5) is 0 Å². The molecule has 0 atom stereocenters. The standard InChI is InChI=1S/C10H13NO4/c1-2-15-4-3-8-5-7(10(13)14)6-9(12)11-8/h5-6H,2-4H2,1H3,(H,11,12)(H,13,14). The molecule has 0 amide bonds. The van der Waals surface area contributed by atoms with Gasteiger partial charge in [0.05, 0.1) is 12.2 Å². The van der Waals surface area contributed by atoms with Gasteiger partial charge in [-0.25, -0.2) is 4.79 Å². The Labute approximate surface area is 86.7 Å². The highest BCUT2D eigenvalue weighted by Crippen LogP contribution is 2.00. The summed E-state index contributed by atoms with van der Waals surface area (Å²) in [4.78, 5) is 24.3. The zero-order valence-electron chi connectivity index (χ0n) is 8.45. The first-order chi connectivity index (χ1) is 7.13. The molecule has 1 rings (SSSR count). The van der Waals surface area contributed by atoms with Gasteiger partial charge >= 0.3 is 5.97 Å². The van der Waals surface area contributed by atoms with Gasteiger partial charge in [-0.2, -0.15) is 0 Å². The number of hydrogen-bond acceptors (Lipinski definition) is 3. The van der Waals surface area contributed by atoms with Crippen LogP contribution in [0.5, 0.6) is 0 Å². The van der Waals surface area contributed by atoms with Crippen LogP contribution >= 0.6 is 0 Å². The number of carbonyl (C=O) groups is 1. The molecule has 1 aromatic heterocycles. The van der Waals surface area contributed by atoms with Crippen molar-refractivity contribution in [3.63, 3.8) is 0 Å². The van der Waals surface area contributed by atoms with Crippen molar-refractivity contribution in [2.75, 3.05) is 13.2 Å². The lowest BCUT2D eigenvalue weighted by atomic mass is 10.2. The summed E-state index contributed by atoms with van der Waals surface area (Å²) in [6.45, 7) is 2.94. The first-order valence-corrected chi connectivity index (χ1v) is 4.67. The number of aromatic amines is 1. The van der Waals surface area contributed by atoms with E-state index >= 15 is 0 Å². The Morgan fingerprint density at radius 1 is 1.53 bits per heavy atom. The Hall–Kier alpha value is -1.62. The van der Waals surface area contributed by atoms with Crippen LogP contribution in [0.15, 0.2) is 16.9 Å². The van der Waals surface area contributed by atoms with Crippen LogP contribution in [0.2, 0.25) is 0 Å². The van der Waals surface area contributed by atoms with E-state index in [-0.39, 0.29) is 5.56 Å². The maximum atomic E-state index is 11.1. The van der Waals surface area contributed by atoms with Crippen molar-refractivity contribution in [2.24, 2.45) is 0 Å². The molecule has 1 aromatic rings. The number of ether oxygens (including phenoxy) is 1. The fourth-order valence-corrected chi connectivity index (χ4v) is 1.19. The molecule has 0 radical (unpaired) electrons. The molecule has 0 aromatic carbocycles. The van der Waals surface area contributed by atoms with E-state index in [0.29, 0.717) is 25.3 Å². The first-order valence-electron chi connectivity index (χ1n) is 4.67. The van der Waals surface area contributed by atoms with E-state index in [0.717, 1.165) is 6.07 Å². The topological polar surface area (TPSA) is 79.4 Å². The number of rotatable bonds is 5. The number of pyridine rings is 1. The Bertz CT molecular complexity index is 397. The molecule has 0 spiro atoms. The van der Waals surface area contributed by atoms with Crippen LogP contribution in [0.3, 0.4) is 0 Å². The number of nitrogens with one attached hydrogen (secondary N) is 1. The number of H-pyrrole nitrogens is 1. The minimum atomic E-state index is -1.10. The van der Waals surface area contributed by atoms with Crippen molar-refractivity contribution in [2.45, 2.75) is 13.3 Å². The van der Waals surface area contributed by atoms with Crippen molar-refractivity contribution in [1.82, 2.24) is 4.98 Å². The third-order valence-electron chi connectivity index (χ3n) is 1.87. The minimum absolute atomic E-state index is 0.00486. The number of carboxylic acids is 1. The molecule has 0 aliphatic carbocycles. The fraction of sp³-hybridized carbons (Fsp3) is 0.400. The molecule has 0 aliphatic rings. The number of carboxylic acid groups (broad SMARTS) is 1. The highest BCUT2D eigenvalue weighted by molar-refractivity contribution is 5.87. The van der Waals surface area contributed by atoms with Gasteiger partial charge in [-0.15, -0.1) is 0 Å². The summed E-state index contributed by atoms with van der Waals surface area (Å²) in [7, 11) is 0. The quantitative estimate of drug-likeness (QED) is 0.701. The first kappa shape index (κ1) is 11.5. The molecule has 5 heteroatoms. The van der Waals surface area contributed by atoms with Gasteiger partial charge in [-0.1, -0.05) is 0 Å². The average molecular weight is 211 g/mol. The highest BCUT2D eigenvalue weighted by atomic mass is 16.5. The van der Waals surface area contributed by atoms with Crippen molar-refractivity contribution < 1.29 is 14.6 Å². The zero-order valence-corrected chi connectivity index (χ0v) is 8.45. The summed E-state index contributed by atoms with van der Waals surface area (Å²) in [5.74, 6) is -1.10. The Balaban J connectivity index is 2.80. The Kier molecular flexibility index (Phi) is 4.05. The molecule has 82 valence electrons. The van der Waals surface area contributed by atoms with Crippen LogP contribution in [0.25, 0.3) is 0 Å². The highest BCUT2D eigenvalue weighted by Gasteiger charge is 2.05. The van der Waals surface area contributed by atoms with Crippen LogP contribution < -0.4 is 5.56 Å². The van der Waals surface area contributed by atoms with Gasteiger partial charge < -0.3 is 14.8 Å². The van der Waals surface area contributed by atoms with E-state index < -0.39 is 11.5 Å². The lowest BCUT2D eigenvalue weighted by molar-refractivity contribution is 0.0696. The monoisotopic (exact) mass is 211 g/mol. The van der Waals surface area contributed by atoms with Crippen LogP contribution in [-0.2, 0) is 11.2 Å². The second-order valence-corrected chi connectivity index (χ2v) is 3.01. The molecule has 0 saturated carbocycles. The van der Waals surface area contributed by atoms with E-state index in [2.05, 4.69) is 4.98 Å². The molecule has 0 bridgehead atoms. The molecule has 0 saturated heterocycles. The van der Waals surface area contributed by atoms with Gasteiger partial charge in [-0.3, -0.25) is 4.79 Å². The van der Waals surface area contributed by atoms with E-state index in [9.17, 15) is 9.59 Å². The van der Waals surface area contributed by atoms with Gasteiger partial charge in [0.2, 0.25) is 5.56 Å². The molecule has 15 heavy (non-hydrogen) atoms. The van der Waals surface area contributed by atoms with Gasteiger partial charge in [0.25, 0.3) is 0 Å². The minimum Gasteiger partial charge on any atom is -0.478 e. The molecule has 0 fully saturated rings. The summed E-state index contributed by atoms with van der Waals surface area (Å²) in [5, 5.41) is 8.72. The smallest absolute Gasteiger partial charge is 0.335 e. The molecule has 5 nitrogen and oxygen atoms in total. The number of aromatic nitrogens is 1. The SMILES string of the molecule is CCOCCc1cc(C(=O)O)cc(=O)[nH]1. The second-order valence-electron chi connectivity index (χ2n) is 3.01. The van der Waals surface area contributed by atoms with Gasteiger partial charge in [-0.05, 0) is 13.0 Å². The van der Waals surface area contributed by atoms with Crippen molar-refractivity contribution >= 4 is 5.97 Å². The maximum absolute atomic E-state index is 11.1. The molecule has 0 aliphatic heterocycles. The van der Waals surface area contributed by atoms with Gasteiger partial charge in [0.15, 0.2) is 0 Å². The van der Waals surface area contributed by atoms with Gasteiger partial charge in [0.1, 0.15) is 0 Å². The average Bonchev–Trinajstić information content (AvgIpc) is 2.17. The van der Waals surface area contributed by atoms with Crippen LogP contribution in [0, 0.1) is 0 Å². The summed E-state index contributed by atoms with van der Waals surface area (Å²) < 4.78 is 5.11. The second kappa shape index (κ2) is 5.31. The summed E-state index contributed by atoms with van der Waals surface area (Å²) in [6, 6.07) is 2.51. The summed E-state index contributed by atoms with van der Waals surface area (Å²) in [6.07, 6.45) is 0.504. The maximum Gasteiger partial charge on any atom is 0.335 e. The Morgan fingerprint density at radius 3 is 2.87 bits per heavy atom. The Morgan fingerprint density at radius 2 is 2.27 bits per heavy atom. The predicted molar refractivity (Wildman–Crippen MR) is 54.2 cm³/mol. The third kappa shape index (κ3) is 3.55. The normalized spacial score (nSPS) is 10.2. The zero-order chi connectivity index (χ0) is 11.3. The largest absolute Gasteiger partial charge is 0.478 e. The van der Waals surface area contributed by atoms with Gasteiger partial charge in [0, 0.05) is 24.8 Å². The number of hydrogen-bond donors (Lipinski definition) is 2. The molecule has 0 unspecified atom stereocenters. The number of aromatic carboxylic acids is 1. The van der Waals surface area contributed by atoms with E-state index in [4.69, 9.17) is 9.84 Å². The summed E-state index contributed by atoms with van der Waals surface area (Å²) in [5.41, 5.74) is 0.181. The summed E-state index contributed by atoms with van der Waals surface area (Å²) >= 11 is 0. The third-order valence-corrected chi connectivity index (χ3v) is 1.87. The van der Waals surface area contributed by atoms with Crippen LogP contribution in [0.1, 0.15) is 23.0 Å². The molecular formula is C10H13NO4. The van der Waals surface area contributed by atoms with Crippen LogP contribution in [-0.4, -0.2) is 29.3 Å². The van der Waals surface area contributed by atoms with Crippen molar-refractivity contribution in [3.8, 4) is 0 Å². The molecule has 2 N–H and O–H groups in total. The van der Waals surface area contributed by atoms with E-state index in [1.54, 1.807) is 0 Å².